The van der Waals surface area contributed by atoms with E-state index in [0.717, 1.165) is 0 Å². The van der Waals surface area contributed by atoms with Crippen molar-refractivity contribution >= 4 is 13.8 Å². The van der Waals surface area contributed by atoms with Gasteiger partial charge in [0.1, 0.15) is 0 Å². The first kappa shape index (κ1) is 11.4. The van der Waals surface area contributed by atoms with Crippen LogP contribution >= 0.6 is 7.82 Å². The molecule has 0 aliphatic rings. The van der Waals surface area contributed by atoms with Crippen LogP contribution in [0.2, 0.25) is 0 Å². The van der Waals surface area contributed by atoms with Gasteiger partial charge in [0, 0.05) is 0 Å². The van der Waals surface area contributed by atoms with Gasteiger partial charge in [0.15, 0.2) is 0 Å². The van der Waals surface area contributed by atoms with Crippen molar-refractivity contribution in [2.24, 2.45) is 0 Å². The quantitative estimate of drug-likeness (QED) is 0.381. The van der Waals surface area contributed by atoms with Gasteiger partial charge >= 0.3 is 20.0 Å². The van der Waals surface area contributed by atoms with Crippen LogP contribution in [0.25, 0.3) is 0 Å². The minimum atomic E-state index is -5.35. The van der Waals surface area contributed by atoms with Crippen LogP contribution in [0, 0.1) is 0 Å². The van der Waals surface area contributed by atoms with E-state index in [2.05, 4.69) is 9.56 Å². The van der Waals surface area contributed by atoms with E-state index in [-0.39, 0.29) is 0 Å². The number of carbonyl (C=O) groups excluding carboxylic acids is 1. The Morgan fingerprint density at radius 3 is 2.00 bits per heavy atom. The Kier molecular flexibility index (Phi) is 3.22. The lowest BCUT2D eigenvalue weighted by atomic mass is 10.7. The molecule has 0 aromatic carbocycles. The lowest BCUT2D eigenvalue weighted by Crippen LogP contribution is -2.25. The summed E-state index contributed by atoms with van der Waals surface area (Å²) >= 11 is 0. The topological polar surface area (TPSA) is 93.1 Å². The van der Waals surface area contributed by atoms with Gasteiger partial charge in [0.25, 0.3) is 0 Å². The van der Waals surface area contributed by atoms with Crippen LogP contribution in [0.4, 0.5) is 13.2 Å². The predicted molar refractivity (Wildman–Crippen MR) is 25.3 cm³/mol. The molecule has 0 bridgehead atoms. The molecule has 0 unspecified atom stereocenters. The average Bonchev–Trinajstić information content (AvgIpc) is 1.78. The molecule has 0 spiro atoms. The van der Waals surface area contributed by atoms with Crippen molar-refractivity contribution < 1.29 is 41.9 Å². The molecule has 0 saturated heterocycles. The van der Waals surface area contributed by atoms with Crippen LogP contribution in [0.5, 0.6) is 0 Å². The number of alkyl halides is 3. The highest BCUT2D eigenvalue weighted by Gasteiger charge is 2.43. The van der Waals surface area contributed by atoms with Gasteiger partial charge in [-0.3, -0.25) is 4.89 Å². The van der Waals surface area contributed by atoms with Crippen molar-refractivity contribution in [1.82, 2.24) is 0 Å². The summed E-state index contributed by atoms with van der Waals surface area (Å²) in [5.74, 6) is -2.84. The zero-order valence-corrected chi connectivity index (χ0v) is 6.00. The van der Waals surface area contributed by atoms with Crippen LogP contribution in [0.15, 0.2) is 0 Å². The first-order valence-electron chi connectivity index (χ1n) is 2.16. The monoisotopic (exact) mass is 210 g/mol. The molecule has 0 aliphatic carbocycles. The number of rotatable bonds is 2. The molecule has 72 valence electrons. The number of hydrogen-bond donors (Lipinski definition) is 2. The summed E-state index contributed by atoms with van der Waals surface area (Å²) in [6, 6.07) is 0. The SMILES string of the molecule is O=C(OOP(=O)(O)O)C(F)(F)F. The Bertz CT molecular complexity index is 215. The van der Waals surface area contributed by atoms with Gasteiger partial charge in [0.2, 0.25) is 0 Å². The van der Waals surface area contributed by atoms with Crippen LogP contribution in [0.3, 0.4) is 0 Å². The summed E-state index contributed by atoms with van der Waals surface area (Å²) in [5.41, 5.74) is 0. The van der Waals surface area contributed by atoms with E-state index in [1.165, 1.54) is 0 Å². The lowest BCUT2D eigenvalue weighted by molar-refractivity contribution is -0.262. The van der Waals surface area contributed by atoms with Crippen LogP contribution in [-0.4, -0.2) is 21.9 Å². The fourth-order valence-corrected chi connectivity index (χ4v) is 0.294. The van der Waals surface area contributed by atoms with E-state index in [4.69, 9.17) is 9.79 Å². The van der Waals surface area contributed by atoms with E-state index < -0.39 is 20.0 Å². The molecule has 2 N–H and O–H groups in total. The largest absolute Gasteiger partial charge is 0.505 e. The van der Waals surface area contributed by atoms with Crippen LogP contribution in [0.1, 0.15) is 0 Å². The molecule has 0 radical (unpaired) electrons. The fourth-order valence-electron chi connectivity index (χ4n) is 0.130. The molecule has 0 aliphatic heterocycles. The van der Waals surface area contributed by atoms with Crippen LogP contribution in [-0.2, 0) is 18.9 Å². The Labute approximate surface area is 63.1 Å². The normalized spacial score (nSPS) is 12.8. The third-order valence-electron chi connectivity index (χ3n) is 0.442. The molecule has 0 rings (SSSR count). The second kappa shape index (κ2) is 3.40. The standard InChI is InChI=1S/C2H2F3O6P/c3-2(4,5)1(6)10-11-12(7,8)9/h(H2,7,8,9). The van der Waals surface area contributed by atoms with Gasteiger partial charge in [-0.1, -0.05) is 4.67 Å². The second-order valence-electron chi connectivity index (χ2n) is 1.43. The molecule has 0 heterocycles. The van der Waals surface area contributed by atoms with E-state index in [9.17, 15) is 22.5 Å². The van der Waals surface area contributed by atoms with Gasteiger partial charge in [-0.15, -0.1) is 0 Å². The first-order valence-corrected chi connectivity index (χ1v) is 3.69. The van der Waals surface area contributed by atoms with Crippen LogP contribution < -0.4 is 0 Å². The Hall–Kier alpha value is -0.630. The number of halogens is 3. The van der Waals surface area contributed by atoms with Gasteiger partial charge < -0.3 is 9.79 Å². The van der Waals surface area contributed by atoms with E-state index in [1.54, 1.807) is 0 Å². The van der Waals surface area contributed by atoms with Crippen molar-refractivity contribution in [3.05, 3.63) is 0 Å². The van der Waals surface area contributed by atoms with Crippen molar-refractivity contribution in [2.75, 3.05) is 0 Å². The Balaban J connectivity index is 3.98. The molecule has 0 amide bonds. The number of hydrogen-bond acceptors (Lipinski definition) is 4. The van der Waals surface area contributed by atoms with Crippen molar-refractivity contribution in [1.29, 1.82) is 0 Å². The van der Waals surface area contributed by atoms with Gasteiger partial charge in [0.05, 0.1) is 0 Å². The summed E-state index contributed by atoms with van der Waals surface area (Å²) < 4.78 is 46.2. The molecular formula is C2H2F3O6P. The van der Waals surface area contributed by atoms with Gasteiger partial charge in [-0.25, -0.2) is 9.36 Å². The third kappa shape index (κ3) is 5.08. The zero-order chi connectivity index (χ0) is 9.99. The highest BCUT2D eigenvalue weighted by Crippen LogP contribution is 2.36. The molecular weight excluding hydrogens is 208 g/mol. The smallest absolute Gasteiger partial charge is 0.301 e. The van der Waals surface area contributed by atoms with Gasteiger partial charge in [-0.2, -0.15) is 13.2 Å². The minimum absolute atomic E-state index is 2.74. The number of carbonyl (C=O) groups is 1. The fraction of sp³-hybridized carbons (Fsp3) is 0.500. The summed E-state index contributed by atoms with van der Waals surface area (Å²) in [6.45, 7) is 0. The predicted octanol–water partition coefficient (Wildman–Crippen LogP) is 0.116. The van der Waals surface area contributed by atoms with E-state index >= 15 is 0 Å². The van der Waals surface area contributed by atoms with Gasteiger partial charge in [-0.05, 0) is 0 Å². The third-order valence-corrected chi connectivity index (χ3v) is 0.710. The zero-order valence-electron chi connectivity index (χ0n) is 5.11. The second-order valence-corrected chi connectivity index (χ2v) is 2.56. The maximum atomic E-state index is 11.2. The molecule has 10 heteroatoms. The average molecular weight is 210 g/mol. The maximum Gasteiger partial charge on any atom is 0.505 e. The highest BCUT2D eigenvalue weighted by atomic mass is 31.2. The van der Waals surface area contributed by atoms with E-state index in [1.807, 2.05) is 0 Å². The number of phosphoric acid groups is 1. The lowest BCUT2D eigenvalue weighted by Gasteiger charge is -2.05. The maximum absolute atomic E-state index is 11.2. The molecule has 0 fully saturated rings. The molecule has 6 nitrogen and oxygen atoms in total. The highest BCUT2D eigenvalue weighted by molar-refractivity contribution is 7.46. The Morgan fingerprint density at radius 2 is 1.75 bits per heavy atom. The molecule has 0 atom stereocenters. The molecule has 0 aromatic heterocycles. The van der Waals surface area contributed by atoms with Crippen molar-refractivity contribution in [3.63, 3.8) is 0 Å². The summed E-state index contributed by atoms with van der Waals surface area (Å²) in [4.78, 5) is 28.0. The minimum Gasteiger partial charge on any atom is -0.301 e. The summed E-state index contributed by atoms with van der Waals surface area (Å²) in [7, 11) is -5.23. The van der Waals surface area contributed by atoms with Crippen molar-refractivity contribution in [2.45, 2.75) is 6.18 Å². The van der Waals surface area contributed by atoms with E-state index in [0.29, 0.717) is 0 Å². The molecule has 0 saturated carbocycles. The molecule has 0 aromatic rings. The first-order chi connectivity index (χ1) is 5.13. The molecule has 12 heavy (non-hydrogen) atoms. The van der Waals surface area contributed by atoms with Crippen molar-refractivity contribution in [3.8, 4) is 0 Å². The summed E-state index contributed by atoms with van der Waals surface area (Å²) in [5, 5.41) is 0. The summed E-state index contributed by atoms with van der Waals surface area (Å²) in [6.07, 6.45) is -5.35. The Morgan fingerprint density at radius 1 is 1.33 bits per heavy atom.